The van der Waals surface area contributed by atoms with Crippen LogP contribution >= 0.6 is 0 Å². The minimum atomic E-state index is -0.226. The van der Waals surface area contributed by atoms with E-state index in [9.17, 15) is 4.39 Å². The maximum Gasteiger partial charge on any atom is 0.151 e. The van der Waals surface area contributed by atoms with Gasteiger partial charge < -0.3 is 9.88 Å². The van der Waals surface area contributed by atoms with Crippen LogP contribution in [-0.4, -0.2) is 22.1 Å². The standard InChI is InChI=1S/C14H18FN3/c1-2-18-12-5-3-4-11(15)14(12)17-13(18)8-9-16-10-6-7-10/h3-5,10,16H,2,6-9H2,1H3. The summed E-state index contributed by atoms with van der Waals surface area (Å²) in [5.74, 6) is 0.752. The van der Waals surface area contributed by atoms with Crippen molar-refractivity contribution in [2.75, 3.05) is 6.54 Å². The van der Waals surface area contributed by atoms with Crippen LogP contribution in [0.4, 0.5) is 4.39 Å². The predicted octanol–water partition coefficient (Wildman–Crippen LogP) is 2.49. The summed E-state index contributed by atoms with van der Waals surface area (Å²) in [6, 6.07) is 5.87. The number of nitrogens with zero attached hydrogens (tertiary/aromatic N) is 2. The first-order chi connectivity index (χ1) is 8.79. The van der Waals surface area contributed by atoms with Gasteiger partial charge in [0.05, 0.1) is 5.52 Å². The van der Waals surface area contributed by atoms with Crippen molar-refractivity contribution >= 4 is 11.0 Å². The second-order valence-corrected chi connectivity index (χ2v) is 4.86. The van der Waals surface area contributed by atoms with Gasteiger partial charge in [-0.25, -0.2) is 9.37 Å². The van der Waals surface area contributed by atoms with E-state index in [1.165, 1.54) is 18.9 Å². The summed E-state index contributed by atoms with van der Waals surface area (Å²) in [5, 5.41) is 3.47. The molecule has 3 rings (SSSR count). The molecule has 1 aromatic carbocycles. The highest BCUT2D eigenvalue weighted by Gasteiger charge is 2.20. The average Bonchev–Trinajstić information content (AvgIpc) is 3.10. The van der Waals surface area contributed by atoms with Crippen molar-refractivity contribution in [2.24, 2.45) is 0 Å². The van der Waals surface area contributed by atoms with Gasteiger partial charge in [0.1, 0.15) is 11.3 Å². The summed E-state index contributed by atoms with van der Waals surface area (Å²) in [5.41, 5.74) is 1.40. The molecule has 2 aromatic rings. The Labute approximate surface area is 106 Å². The first-order valence-corrected chi connectivity index (χ1v) is 6.66. The van der Waals surface area contributed by atoms with E-state index in [0.717, 1.165) is 30.9 Å². The Bertz CT molecular complexity index is 557. The number of aromatic nitrogens is 2. The number of imidazole rings is 1. The van der Waals surface area contributed by atoms with Crippen molar-refractivity contribution in [3.05, 3.63) is 29.8 Å². The lowest BCUT2D eigenvalue weighted by Gasteiger charge is -2.06. The maximum atomic E-state index is 13.7. The van der Waals surface area contributed by atoms with Crippen LogP contribution in [0.2, 0.25) is 0 Å². The second kappa shape index (κ2) is 4.69. The van der Waals surface area contributed by atoms with Gasteiger partial charge in [-0.15, -0.1) is 0 Å². The van der Waals surface area contributed by atoms with E-state index in [1.807, 2.05) is 6.07 Å². The van der Waals surface area contributed by atoms with Crippen LogP contribution in [0.1, 0.15) is 25.6 Å². The molecule has 0 bridgehead atoms. The van der Waals surface area contributed by atoms with Gasteiger partial charge in [0.25, 0.3) is 0 Å². The first-order valence-electron chi connectivity index (χ1n) is 6.66. The molecular weight excluding hydrogens is 229 g/mol. The number of aryl methyl sites for hydroxylation is 1. The van der Waals surface area contributed by atoms with Gasteiger partial charge in [-0.1, -0.05) is 6.07 Å². The lowest BCUT2D eigenvalue weighted by atomic mass is 10.3. The van der Waals surface area contributed by atoms with Crippen LogP contribution in [0.5, 0.6) is 0 Å². The molecule has 1 aliphatic carbocycles. The molecular formula is C14H18FN3. The highest BCUT2D eigenvalue weighted by Crippen LogP contribution is 2.20. The fraction of sp³-hybridized carbons (Fsp3) is 0.500. The smallest absolute Gasteiger partial charge is 0.151 e. The van der Waals surface area contributed by atoms with Crippen LogP contribution in [0, 0.1) is 5.82 Å². The number of hydrogen-bond donors (Lipinski definition) is 1. The average molecular weight is 247 g/mol. The largest absolute Gasteiger partial charge is 0.328 e. The van der Waals surface area contributed by atoms with Gasteiger partial charge >= 0.3 is 0 Å². The summed E-state index contributed by atoms with van der Waals surface area (Å²) >= 11 is 0. The molecule has 0 amide bonds. The molecule has 0 atom stereocenters. The number of para-hydroxylation sites is 1. The number of nitrogens with one attached hydrogen (secondary N) is 1. The third kappa shape index (κ3) is 2.12. The van der Waals surface area contributed by atoms with Crippen LogP contribution < -0.4 is 5.32 Å². The van der Waals surface area contributed by atoms with Gasteiger partial charge in [-0.05, 0) is 31.9 Å². The number of hydrogen-bond acceptors (Lipinski definition) is 2. The second-order valence-electron chi connectivity index (χ2n) is 4.86. The summed E-state index contributed by atoms with van der Waals surface area (Å²) in [6.45, 7) is 3.83. The molecule has 0 radical (unpaired) electrons. The zero-order valence-corrected chi connectivity index (χ0v) is 10.6. The van der Waals surface area contributed by atoms with Gasteiger partial charge in [-0.2, -0.15) is 0 Å². The van der Waals surface area contributed by atoms with Crippen LogP contribution in [0.3, 0.4) is 0 Å². The SMILES string of the molecule is CCn1c(CCNC2CC2)nc2c(F)cccc21. The molecule has 0 aliphatic heterocycles. The van der Waals surface area contributed by atoms with Gasteiger partial charge in [0.15, 0.2) is 5.82 Å². The fourth-order valence-corrected chi connectivity index (χ4v) is 2.38. The van der Waals surface area contributed by atoms with Crippen molar-refractivity contribution in [2.45, 2.75) is 38.8 Å². The molecule has 4 heteroatoms. The maximum absolute atomic E-state index is 13.7. The Kier molecular flexibility index (Phi) is 3.04. The highest BCUT2D eigenvalue weighted by atomic mass is 19.1. The van der Waals surface area contributed by atoms with E-state index in [1.54, 1.807) is 6.07 Å². The summed E-state index contributed by atoms with van der Waals surface area (Å²) in [4.78, 5) is 4.45. The number of fused-ring (bicyclic) bond motifs is 1. The molecule has 0 spiro atoms. The minimum Gasteiger partial charge on any atom is -0.328 e. The molecule has 1 heterocycles. The Morgan fingerprint density at radius 2 is 2.28 bits per heavy atom. The van der Waals surface area contributed by atoms with E-state index < -0.39 is 0 Å². The topological polar surface area (TPSA) is 29.9 Å². The monoisotopic (exact) mass is 247 g/mol. The third-order valence-electron chi connectivity index (χ3n) is 3.48. The van der Waals surface area contributed by atoms with Crippen molar-refractivity contribution in [1.29, 1.82) is 0 Å². The molecule has 3 nitrogen and oxygen atoms in total. The molecule has 1 fully saturated rings. The molecule has 1 saturated carbocycles. The fourth-order valence-electron chi connectivity index (χ4n) is 2.38. The number of benzene rings is 1. The Hall–Kier alpha value is -1.42. The van der Waals surface area contributed by atoms with Crippen molar-refractivity contribution in [3.63, 3.8) is 0 Å². The molecule has 0 saturated heterocycles. The Morgan fingerprint density at radius 1 is 1.44 bits per heavy atom. The van der Waals surface area contributed by atoms with E-state index in [0.29, 0.717) is 11.6 Å². The Morgan fingerprint density at radius 3 is 3.00 bits per heavy atom. The van der Waals surface area contributed by atoms with Crippen molar-refractivity contribution in [1.82, 2.24) is 14.9 Å². The van der Waals surface area contributed by atoms with E-state index in [2.05, 4.69) is 21.8 Å². The molecule has 1 N–H and O–H groups in total. The lowest BCUT2D eigenvalue weighted by Crippen LogP contribution is -2.20. The van der Waals surface area contributed by atoms with Crippen molar-refractivity contribution < 1.29 is 4.39 Å². The molecule has 96 valence electrons. The van der Waals surface area contributed by atoms with Gasteiger partial charge in [0, 0.05) is 25.6 Å². The molecule has 1 aromatic heterocycles. The minimum absolute atomic E-state index is 0.226. The summed E-state index contributed by atoms with van der Waals surface area (Å²) in [6.07, 6.45) is 3.44. The van der Waals surface area contributed by atoms with Crippen LogP contribution in [0.15, 0.2) is 18.2 Å². The molecule has 0 unspecified atom stereocenters. The lowest BCUT2D eigenvalue weighted by molar-refractivity contribution is 0.633. The van der Waals surface area contributed by atoms with E-state index >= 15 is 0 Å². The van der Waals surface area contributed by atoms with Crippen molar-refractivity contribution in [3.8, 4) is 0 Å². The van der Waals surface area contributed by atoms with Crippen LogP contribution in [0.25, 0.3) is 11.0 Å². The molecule has 1 aliphatic rings. The zero-order valence-electron chi connectivity index (χ0n) is 10.6. The predicted molar refractivity (Wildman–Crippen MR) is 70.1 cm³/mol. The van der Waals surface area contributed by atoms with Gasteiger partial charge in [0.2, 0.25) is 0 Å². The van der Waals surface area contributed by atoms with Gasteiger partial charge in [-0.3, -0.25) is 0 Å². The summed E-state index contributed by atoms with van der Waals surface area (Å²) in [7, 11) is 0. The summed E-state index contributed by atoms with van der Waals surface area (Å²) < 4.78 is 15.8. The van der Waals surface area contributed by atoms with E-state index in [4.69, 9.17) is 0 Å². The normalized spacial score (nSPS) is 15.4. The third-order valence-corrected chi connectivity index (χ3v) is 3.48. The van der Waals surface area contributed by atoms with Crippen LogP contribution in [-0.2, 0) is 13.0 Å². The highest BCUT2D eigenvalue weighted by molar-refractivity contribution is 5.76. The molecule has 18 heavy (non-hydrogen) atoms. The number of halogens is 1. The van der Waals surface area contributed by atoms with E-state index in [-0.39, 0.29) is 5.82 Å². The zero-order chi connectivity index (χ0) is 12.5. The Balaban J connectivity index is 1.87. The number of rotatable bonds is 5. The first kappa shape index (κ1) is 11.7. The quantitative estimate of drug-likeness (QED) is 0.879.